The van der Waals surface area contributed by atoms with Gasteiger partial charge in [-0.2, -0.15) is 0 Å². The highest BCUT2D eigenvalue weighted by Crippen LogP contribution is 2.25. The van der Waals surface area contributed by atoms with Crippen molar-refractivity contribution >= 4 is 11.6 Å². The van der Waals surface area contributed by atoms with Crippen molar-refractivity contribution in [3.63, 3.8) is 0 Å². The van der Waals surface area contributed by atoms with Crippen LogP contribution in [0.2, 0.25) is 0 Å². The normalized spacial score (nSPS) is 12.4. The lowest BCUT2D eigenvalue weighted by molar-refractivity contribution is -0.123. The number of benzene rings is 1. The van der Waals surface area contributed by atoms with E-state index in [1.165, 1.54) is 5.56 Å². The van der Waals surface area contributed by atoms with Crippen molar-refractivity contribution in [3.05, 3.63) is 29.8 Å². The van der Waals surface area contributed by atoms with Crippen molar-refractivity contribution in [2.75, 3.05) is 19.0 Å². The van der Waals surface area contributed by atoms with E-state index >= 15 is 0 Å². The molecule has 0 aliphatic heterocycles. The Balaban J connectivity index is 2.96. The van der Waals surface area contributed by atoms with Crippen molar-refractivity contribution in [2.45, 2.75) is 45.6 Å². The molecule has 1 rings (SSSR count). The first-order valence-electron chi connectivity index (χ1n) is 6.67. The Morgan fingerprint density at radius 2 is 1.53 bits per heavy atom. The topological polar surface area (TPSA) is 32.3 Å². The quantitative estimate of drug-likeness (QED) is 0.908. The molecule has 3 nitrogen and oxygen atoms in total. The molecule has 19 heavy (non-hydrogen) atoms. The SMILES string of the molecule is CNC(C)(C)C(=O)N(C)c1ccc(C(C)(C)C)cc1. The van der Waals surface area contributed by atoms with Crippen molar-refractivity contribution in [1.82, 2.24) is 5.32 Å². The largest absolute Gasteiger partial charge is 0.314 e. The summed E-state index contributed by atoms with van der Waals surface area (Å²) in [5, 5.41) is 3.04. The zero-order chi connectivity index (χ0) is 14.8. The van der Waals surface area contributed by atoms with Crippen LogP contribution in [0, 0.1) is 0 Å². The van der Waals surface area contributed by atoms with Crippen LogP contribution in [-0.2, 0) is 10.2 Å². The Kier molecular flexibility index (Phi) is 4.41. The highest BCUT2D eigenvalue weighted by Gasteiger charge is 2.29. The molecule has 0 aliphatic rings. The Hall–Kier alpha value is -1.35. The highest BCUT2D eigenvalue weighted by molar-refractivity contribution is 5.99. The van der Waals surface area contributed by atoms with Crippen molar-refractivity contribution < 1.29 is 4.79 Å². The van der Waals surface area contributed by atoms with Crippen LogP contribution in [-0.4, -0.2) is 25.5 Å². The third kappa shape index (κ3) is 3.57. The van der Waals surface area contributed by atoms with Crippen LogP contribution in [0.4, 0.5) is 5.69 Å². The van der Waals surface area contributed by atoms with Crippen LogP contribution in [0.15, 0.2) is 24.3 Å². The van der Waals surface area contributed by atoms with E-state index in [-0.39, 0.29) is 11.3 Å². The van der Waals surface area contributed by atoms with Gasteiger partial charge in [-0.05, 0) is 44.0 Å². The summed E-state index contributed by atoms with van der Waals surface area (Å²) in [5.74, 6) is 0.0542. The number of carbonyl (C=O) groups is 1. The second kappa shape index (κ2) is 5.33. The summed E-state index contributed by atoms with van der Waals surface area (Å²) >= 11 is 0. The average molecular weight is 262 g/mol. The monoisotopic (exact) mass is 262 g/mol. The van der Waals surface area contributed by atoms with E-state index in [4.69, 9.17) is 0 Å². The molecule has 1 aromatic carbocycles. The van der Waals surface area contributed by atoms with Gasteiger partial charge in [0.1, 0.15) is 0 Å². The second-order valence-electron chi connectivity index (χ2n) is 6.54. The molecule has 0 saturated carbocycles. The fourth-order valence-corrected chi connectivity index (χ4v) is 1.83. The Labute approximate surface area is 117 Å². The molecule has 106 valence electrons. The molecule has 0 bridgehead atoms. The number of carbonyl (C=O) groups excluding carboxylic acids is 1. The summed E-state index contributed by atoms with van der Waals surface area (Å²) < 4.78 is 0. The smallest absolute Gasteiger partial charge is 0.246 e. The molecule has 0 spiro atoms. The Morgan fingerprint density at radius 3 is 1.89 bits per heavy atom. The lowest BCUT2D eigenvalue weighted by Crippen LogP contribution is -2.51. The molecule has 0 saturated heterocycles. The molecule has 0 fully saturated rings. The van der Waals surface area contributed by atoms with Crippen LogP contribution in [0.3, 0.4) is 0 Å². The lowest BCUT2D eigenvalue weighted by atomic mass is 9.87. The van der Waals surface area contributed by atoms with Gasteiger partial charge in [0, 0.05) is 12.7 Å². The average Bonchev–Trinajstić information content (AvgIpc) is 2.36. The maximum Gasteiger partial charge on any atom is 0.246 e. The van der Waals surface area contributed by atoms with Crippen LogP contribution in [0.1, 0.15) is 40.2 Å². The Bertz CT molecular complexity index is 441. The first kappa shape index (κ1) is 15.7. The van der Waals surface area contributed by atoms with E-state index in [1.807, 2.05) is 33.0 Å². The molecule has 0 aliphatic carbocycles. The van der Waals surface area contributed by atoms with Gasteiger partial charge in [-0.3, -0.25) is 4.79 Å². The first-order chi connectivity index (χ1) is 8.59. The maximum atomic E-state index is 12.3. The standard InChI is InChI=1S/C16H26N2O/c1-15(2,3)12-8-10-13(11-9-12)18(7)14(19)16(4,5)17-6/h8-11,17H,1-7H3. The number of likely N-dealkylation sites (N-methyl/N-ethyl adjacent to an activating group) is 2. The maximum absolute atomic E-state index is 12.3. The van der Waals surface area contributed by atoms with Gasteiger partial charge in [0.15, 0.2) is 0 Å². The van der Waals surface area contributed by atoms with Gasteiger partial charge < -0.3 is 10.2 Å². The minimum Gasteiger partial charge on any atom is -0.314 e. The number of anilines is 1. The van der Waals surface area contributed by atoms with Crippen LogP contribution >= 0.6 is 0 Å². The van der Waals surface area contributed by atoms with Gasteiger partial charge in [0.2, 0.25) is 5.91 Å². The van der Waals surface area contributed by atoms with Gasteiger partial charge in [-0.15, -0.1) is 0 Å². The van der Waals surface area contributed by atoms with E-state index in [1.54, 1.807) is 11.9 Å². The van der Waals surface area contributed by atoms with E-state index in [0.29, 0.717) is 0 Å². The van der Waals surface area contributed by atoms with Crippen LogP contribution in [0.25, 0.3) is 0 Å². The van der Waals surface area contributed by atoms with Crippen LogP contribution in [0.5, 0.6) is 0 Å². The fraction of sp³-hybridized carbons (Fsp3) is 0.562. The minimum atomic E-state index is -0.558. The number of hydrogen-bond acceptors (Lipinski definition) is 2. The molecule has 0 atom stereocenters. The summed E-state index contributed by atoms with van der Waals surface area (Å²) in [7, 11) is 3.61. The molecule has 1 N–H and O–H groups in total. The van der Waals surface area contributed by atoms with Crippen molar-refractivity contribution in [3.8, 4) is 0 Å². The van der Waals surface area contributed by atoms with Gasteiger partial charge >= 0.3 is 0 Å². The third-order valence-electron chi connectivity index (χ3n) is 3.58. The molecule has 0 unspecified atom stereocenters. The molecular formula is C16H26N2O. The number of nitrogens with zero attached hydrogens (tertiary/aromatic N) is 1. The highest BCUT2D eigenvalue weighted by atomic mass is 16.2. The van der Waals surface area contributed by atoms with Gasteiger partial charge in [0.25, 0.3) is 0 Å². The first-order valence-corrected chi connectivity index (χ1v) is 6.67. The summed E-state index contributed by atoms with van der Waals surface area (Å²) in [6.07, 6.45) is 0. The van der Waals surface area contributed by atoms with Crippen molar-refractivity contribution in [1.29, 1.82) is 0 Å². The predicted molar refractivity (Wildman–Crippen MR) is 81.7 cm³/mol. The fourth-order valence-electron chi connectivity index (χ4n) is 1.83. The molecule has 1 amide bonds. The third-order valence-corrected chi connectivity index (χ3v) is 3.58. The van der Waals surface area contributed by atoms with E-state index < -0.39 is 5.54 Å². The number of amides is 1. The number of nitrogens with one attached hydrogen (secondary N) is 1. The molecule has 1 aromatic rings. The van der Waals surface area contributed by atoms with E-state index in [9.17, 15) is 4.79 Å². The number of rotatable bonds is 3. The van der Waals surface area contributed by atoms with Gasteiger partial charge in [-0.25, -0.2) is 0 Å². The molecule has 0 radical (unpaired) electrons. The summed E-state index contributed by atoms with van der Waals surface area (Å²) in [5.41, 5.74) is 1.76. The van der Waals surface area contributed by atoms with Gasteiger partial charge in [-0.1, -0.05) is 32.9 Å². The molecular weight excluding hydrogens is 236 g/mol. The van der Waals surface area contributed by atoms with Crippen molar-refractivity contribution in [2.24, 2.45) is 0 Å². The summed E-state index contributed by atoms with van der Waals surface area (Å²) in [6, 6.07) is 8.19. The number of hydrogen-bond donors (Lipinski definition) is 1. The molecule has 0 aromatic heterocycles. The lowest BCUT2D eigenvalue weighted by Gasteiger charge is -2.29. The minimum absolute atomic E-state index is 0.0542. The Morgan fingerprint density at radius 1 is 1.05 bits per heavy atom. The van der Waals surface area contributed by atoms with Gasteiger partial charge in [0.05, 0.1) is 5.54 Å². The predicted octanol–water partition coefficient (Wildman–Crippen LogP) is 2.94. The van der Waals surface area contributed by atoms with E-state index in [0.717, 1.165) is 5.69 Å². The van der Waals surface area contributed by atoms with E-state index in [2.05, 4.69) is 38.2 Å². The molecule has 3 heteroatoms. The second-order valence-corrected chi connectivity index (χ2v) is 6.54. The summed E-state index contributed by atoms with van der Waals surface area (Å²) in [6.45, 7) is 10.3. The van der Waals surface area contributed by atoms with Crippen LogP contribution < -0.4 is 10.2 Å². The summed E-state index contributed by atoms with van der Waals surface area (Å²) in [4.78, 5) is 14.0. The zero-order valence-electron chi connectivity index (χ0n) is 13.2. The molecule has 0 heterocycles. The zero-order valence-corrected chi connectivity index (χ0v) is 13.2.